The predicted octanol–water partition coefficient (Wildman–Crippen LogP) is 4.87. The van der Waals surface area contributed by atoms with Crippen LogP contribution in [-0.4, -0.2) is 4.98 Å². The Hall–Kier alpha value is -2.08. The van der Waals surface area contributed by atoms with Gasteiger partial charge in [0, 0.05) is 11.3 Å². The smallest absolute Gasteiger partial charge is 0.398 e. The zero-order valence-corrected chi connectivity index (χ0v) is 11.8. The molecule has 0 saturated carbocycles. The van der Waals surface area contributed by atoms with Crippen LogP contribution < -0.4 is 5.73 Å². The second kappa shape index (κ2) is 4.73. The lowest BCUT2D eigenvalue weighted by Gasteiger charge is -2.09. The minimum Gasteiger partial charge on any atom is -0.398 e. The number of aromatic nitrogens is 1. The third kappa shape index (κ3) is 2.58. The van der Waals surface area contributed by atoms with Crippen LogP contribution in [0.3, 0.4) is 0 Å². The largest absolute Gasteiger partial charge is 0.416 e. The number of alkyl halides is 3. The molecule has 3 aromatic rings. The third-order valence-corrected chi connectivity index (χ3v) is 4.20. The van der Waals surface area contributed by atoms with Gasteiger partial charge in [-0.25, -0.2) is 4.98 Å². The molecule has 0 spiro atoms. The van der Waals surface area contributed by atoms with Crippen molar-refractivity contribution in [3.8, 4) is 10.6 Å². The second-order valence-electron chi connectivity index (χ2n) is 4.79. The van der Waals surface area contributed by atoms with E-state index in [9.17, 15) is 13.2 Å². The molecular weight excluding hydrogens is 297 g/mol. The van der Waals surface area contributed by atoms with Crippen LogP contribution >= 0.6 is 11.3 Å². The van der Waals surface area contributed by atoms with Crippen molar-refractivity contribution < 1.29 is 13.2 Å². The van der Waals surface area contributed by atoms with Crippen LogP contribution in [0.5, 0.6) is 0 Å². The van der Waals surface area contributed by atoms with E-state index in [4.69, 9.17) is 5.73 Å². The number of fused-ring (bicyclic) bond motifs is 1. The van der Waals surface area contributed by atoms with E-state index in [2.05, 4.69) is 4.98 Å². The minimum atomic E-state index is -4.39. The van der Waals surface area contributed by atoms with E-state index in [1.54, 1.807) is 0 Å². The Labute approximate surface area is 123 Å². The summed E-state index contributed by atoms with van der Waals surface area (Å²) in [5, 5.41) is 0.627. The number of nitrogen functional groups attached to an aromatic ring is 1. The van der Waals surface area contributed by atoms with E-state index in [-0.39, 0.29) is 5.69 Å². The Morgan fingerprint density at radius 2 is 1.86 bits per heavy atom. The van der Waals surface area contributed by atoms with E-state index in [1.165, 1.54) is 17.4 Å². The van der Waals surface area contributed by atoms with Gasteiger partial charge in [0.2, 0.25) is 0 Å². The fourth-order valence-electron chi connectivity index (χ4n) is 2.08. The van der Waals surface area contributed by atoms with Crippen LogP contribution in [0.1, 0.15) is 11.1 Å². The quantitative estimate of drug-likeness (QED) is 0.651. The molecular formula is C15H11F3N2S. The molecule has 0 atom stereocenters. The number of aryl methyl sites for hydroxylation is 1. The summed E-state index contributed by atoms with van der Waals surface area (Å²) in [4.78, 5) is 4.43. The van der Waals surface area contributed by atoms with Crippen LogP contribution in [0.4, 0.5) is 18.9 Å². The highest BCUT2D eigenvalue weighted by molar-refractivity contribution is 7.21. The maximum atomic E-state index is 12.6. The third-order valence-electron chi connectivity index (χ3n) is 3.15. The number of nitrogens with zero attached hydrogens (tertiary/aromatic N) is 1. The maximum absolute atomic E-state index is 12.6. The van der Waals surface area contributed by atoms with Gasteiger partial charge >= 0.3 is 6.18 Å². The van der Waals surface area contributed by atoms with Crippen LogP contribution in [0.25, 0.3) is 20.8 Å². The highest BCUT2D eigenvalue weighted by Gasteiger charge is 2.31. The highest BCUT2D eigenvalue weighted by Crippen LogP contribution is 2.37. The number of hydrogen-bond donors (Lipinski definition) is 1. The summed E-state index contributed by atoms with van der Waals surface area (Å²) in [6, 6.07) is 9.20. The van der Waals surface area contributed by atoms with E-state index >= 15 is 0 Å². The van der Waals surface area contributed by atoms with E-state index < -0.39 is 11.7 Å². The molecule has 1 aromatic heterocycles. The summed E-state index contributed by atoms with van der Waals surface area (Å²) < 4.78 is 38.9. The number of thiazole rings is 1. The first kappa shape index (κ1) is 13.9. The van der Waals surface area contributed by atoms with Crippen molar-refractivity contribution in [3.63, 3.8) is 0 Å². The SMILES string of the molecule is Cc1ccc2nc(-c3ccc(C(F)(F)F)cc3N)sc2c1. The van der Waals surface area contributed by atoms with Gasteiger partial charge in [0.25, 0.3) is 0 Å². The molecule has 2 nitrogen and oxygen atoms in total. The van der Waals surface area contributed by atoms with Crippen molar-refractivity contribution >= 4 is 27.2 Å². The molecule has 0 aliphatic rings. The molecule has 2 aromatic carbocycles. The molecule has 0 fully saturated rings. The lowest BCUT2D eigenvalue weighted by Crippen LogP contribution is -2.05. The number of nitrogens with two attached hydrogens (primary N) is 1. The molecule has 0 aliphatic carbocycles. The summed E-state index contributed by atoms with van der Waals surface area (Å²) >= 11 is 1.42. The van der Waals surface area contributed by atoms with Crippen molar-refractivity contribution in [2.75, 3.05) is 5.73 Å². The van der Waals surface area contributed by atoms with Crippen molar-refractivity contribution in [2.45, 2.75) is 13.1 Å². The van der Waals surface area contributed by atoms with Gasteiger partial charge in [0.1, 0.15) is 5.01 Å². The van der Waals surface area contributed by atoms with Crippen molar-refractivity contribution in [1.29, 1.82) is 0 Å². The molecule has 0 aliphatic heterocycles. The minimum absolute atomic E-state index is 0.0839. The Morgan fingerprint density at radius 1 is 1.10 bits per heavy atom. The maximum Gasteiger partial charge on any atom is 0.416 e. The number of halogens is 3. The lowest BCUT2D eigenvalue weighted by atomic mass is 10.1. The normalized spacial score (nSPS) is 12.0. The molecule has 0 radical (unpaired) electrons. The summed E-state index contributed by atoms with van der Waals surface area (Å²) in [7, 11) is 0. The number of anilines is 1. The molecule has 3 rings (SSSR count). The fraction of sp³-hybridized carbons (Fsp3) is 0.133. The van der Waals surface area contributed by atoms with Crippen molar-refractivity contribution in [2.24, 2.45) is 0 Å². The first-order chi connectivity index (χ1) is 9.84. The zero-order chi connectivity index (χ0) is 15.2. The topological polar surface area (TPSA) is 38.9 Å². The molecule has 0 bridgehead atoms. The standard InChI is InChI=1S/C15H11F3N2S/c1-8-2-5-12-13(6-8)21-14(20-12)10-4-3-9(7-11(10)19)15(16,17)18/h2-7H,19H2,1H3. The van der Waals surface area contributed by atoms with Crippen LogP contribution in [-0.2, 0) is 6.18 Å². The summed E-state index contributed by atoms with van der Waals surface area (Å²) in [6.45, 7) is 1.98. The Morgan fingerprint density at radius 3 is 2.52 bits per heavy atom. The number of hydrogen-bond acceptors (Lipinski definition) is 3. The average Bonchev–Trinajstić information content (AvgIpc) is 2.80. The molecule has 6 heteroatoms. The number of benzene rings is 2. The van der Waals surface area contributed by atoms with Crippen LogP contribution in [0, 0.1) is 6.92 Å². The van der Waals surface area contributed by atoms with Gasteiger partial charge in [-0.05, 0) is 42.8 Å². The Kier molecular flexibility index (Phi) is 3.13. The number of rotatable bonds is 1. The van der Waals surface area contributed by atoms with Gasteiger partial charge in [-0.2, -0.15) is 13.2 Å². The molecule has 0 amide bonds. The van der Waals surface area contributed by atoms with Gasteiger partial charge in [0.15, 0.2) is 0 Å². The van der Waals surface area contributed by atoms with Gasteiger partial charge in [-0.15, -0.1) is 11.3 Å². The van der Waals surface area contributed by atoms with E-state index in [0.29, 0.717) is 10.6 Å². The van der Waals surface area contributed by atoms with Gasteiger partial charge in [0.05, 0.1) is 15.8 Å². The second-order valence-corrected chi connectivity index (χ2v) is 5.82. The molecule has 0 unspecified atom stereocenters. The van der Waals surface area contributed by atoms with Crippen molar-refractivity contribution in [1.82, 2.24) is 4.98 Å². The Balaban J connectivity index is 2.10. The van der Waals surface area contributed by atoms with Crippen LogP contribution in [0.15, 0.2) is 36.4 Å². The molecule has 2 N–H and O–H groups in total. The van der Waals surface area contributed by atoms with Gasteiger partial charge in [-0.1, -0.05) is 6.07 Å². The summed E-state index contributed by atoms with van der Waals surface area (Å²) in [5.41, 5.74) is 7.56. The lowest BCUT2D eigenvalue weighted by molar-refractivity contribution is -0.137. The van der Waals surface area contributed by atoms with Crippen LogP contribution in [0.2, 0.25) is 0 Å². The molecule has 108 valence electrons. The average molecular weight is 308 g/mol. The van der Waals surface area contributed by atoms with Gasteiger partial charge in [-0.3, -0.25) is 0 Å². The molecule has 0 saturated heterocycles. The first-order valence-corrected chi connectivity index (χ1v) is 7.00. The summed E-state index contributed by atoms with van der Waals surface area (Å²) in [5.74, 6) is 0. The zero-order valence-electron chi connectivity index (χ0n) is 11.0. The van der Waals surface area contributed by atoms with E-state index in [0.717, 1.165) is 27.9 Å². The molecule has 1 heterocycles. The fourth-order valence-corrected chi connectivity index (χ4v) is 3.19. The first-order valence-electron chi connectivity index (χ1n) is 6.19. The summed E-state index contributed by atoms with van der Waals surface area (Å²) in [6.07, 6.45) is -4.39. The van der Waals surface area contributed by atoms with Gasteiger partial charge < -0.3 is 5.73 Å². The Bertz CT molecular complexity index is 821. The predicted molar refractivity (Wildman–Crippen MR) is 79.2 cm³/mol. The van der Waals surface area contributed by atoms with E-state index in [1.807, 2.05) is 25.1 Å². The molecule has 21 heavy (non-hydrogen) atoms. The van der Waals surface area contributed by atoms with Crippen molar-refractivity contribution in [3.05, 3.63) is 47.5 Å². The monoisotopic (exact) mass is 308 g/mol. The highest BCUT2D eigenvalue weighted by atomic mass is 32.1.